The van der Waals surface area contributed by atoms with Gasteiger partial charge >= 0.3 is 5.97 Å². The van der Waals surface area contributed by atoms with Crippen LogP contribution in [0, 0.1) is 5.92 Å². The van der Waals surface area contributed by atoms with E-state index < -0.39 is 17.4 Å². The van der Waals surface area contributed by atoms with Gasteiger partial charge in [-0.2, -0.15) is 0 Å². The molecule has 1 aromatic rings. The standard InChI is InChI=1S/C14H19ClN2O3/c1-9-5-3-4-6-14(9,13(19)20)16-12(18)11-7-10(15)8-17(11)2/h7-9H,3-6H2,1-2H3,(H,16,18)(H,19,20). The normalized spacial score (nSPS) is 26.2. The van der Waals surface area contributed by atoms with Gasteiger partial charge in [-0.1, -0.05) is 31.4 Å². The summed E-state index contributed by atoms with van der Waals surface area (Å²) in [6.45, 7) is 1.88. The quantitative estimate of drug-likeness (QED) is 0.900. The van der Waals surface area contributed by atoms with Crippen molar-refractivity contribution >= 4 is 23.5 Å². The lowest BCUT2D eigenvalue weighted by Gasteiger charge is -2.39. The lowest BCUT2D eigenvalue weighted by molar-refractivity contribution is -0.148. The summed E-state index contributed by atoms with van der Waals surface area (Å²) in [4.78, 5) is 24.0. The van der Waals surface area contributed by atoms with E-state index in [4.69, 9.17) is 11.6 Å². The highest BCUT2D eigenvalue weighted by Crippen LogP contribution is 2.34. The van der Waals surface area contributed by atoms with E-state index in [0.717, 1.165) is 19.3 Å². The molecule has 1 aliphatic carbocycles. The van der Waals surface area contributed by atoms with Gasteiger partial charge < -0.3 is 15.0 Å². The molecule has 20 heavy (non-hydrogen) atoms. The van der Waals surface area contributed by atoms with Gasteiger partial charge in [0.25, 0.3) is 5.91 Å². The van der Waals surface area contributed by atoms with Crippen molar-refractivity contribution < 1.29 is 14.7 Å². The molecule has 1 aliphatic rings. The molecule has 1 heterocycles. The van der Waals surface area contributed by atoms with Crippen LogP contribution in [-0.4, -0.2) is 27.1 Å². The summed E-state index contributed by atoms with van der Waals surface area (Å²) >= 11 is 5.86. The second-order valence-corrected chi connectivity index (χ2v) is 5.97. The topological polar surface area (TPSA) is 71.3 Å². The molecular formula is C14H19ClN2O3. The number of carboxylic acid groups (broad SMARTS) is 1. The Hall–Kier alpha value is -1.49. The molecule has 2 atom stereocenters. The predicted molar refractivity (Wildman–Crippen MR) is 75.9 cm³/mol. The molecule has 5 nitrogen and oxygen atoms in total. The molecule has 2 rings (SSSR count). The van der Waals surface area contributed by atoms with Crippen molar-refractivity contribution in [3.05, 3.63) is 23.0 Å². The number of aryl methyl sites for hydroxylation is 1. The molecule has 110 valence electrons. The third kappa shape index (κ3) is 2.54. The molecule has 0 aromatic carbocycles. The first-order valence-electron chi connectivity index (χ1n) is 6.74. The Kier molecular flexibility index (Phi) is 4.09. The van der Waals surface area contributed by atoms with Crippen molar-refractivity contribution in [3.8, 4) is 0 Å². The Bertz CT molecular complexity index is 541. The van der Waals surface area contributed by atoms with Crippen molar-refractivity contribution in [2.45, 2.75) is 38.1 Å². The number of hydrogen-bond donors (Lipinski definition) is 2. The number of carbonyl (C=O) groups is 2. The van der Waals surface area contributed by atoms with E-state index in [-0.39, 0.29) is 5.92 Å². The molecule has 0 saturated heterocycles. The highest BCUT2D eigenvalue weighted by atomic mass is 35.5. The maximum Gasteiger partial charge on any atom is 0.329 e. The van der Waals surface area contributed by atoms with Crippen LogP contribution in [0.2, 0.25) is 5.02 Å². The Morgan fingerprint density at radius 2 is 2.20 bits per heavy atom. The summed E-state index contributed by atoms with van der Waals surface area (Å²) in [6.07, 6.45) is 4.70. The highest BCUT2D eigenvalue weighted by Gasteiger charge is 2.46. The zero-order valence-corrected chi connectivity index (χ0v) is 12.4. The summed E-state index contributed by atoms with van der Waals surface area (Å²) in [5.41, 5.74) is -0.806. The fraction of sp³-hybridized carbons (Fsp3) is 0.571. The van der Waals surface area contributed by atoms with Gasteiger partial charge in [-0.3, -0.25) is 4.79 Å². The first kappa shape index (κ1) is 14.9. The van der Waals surface area contributed by atoms with E-state index in [9.17, 15) is 14.7 Å². The first-order valence-corrected chi connectivity index (χ1v) is 7.12. The third-order valence-electron chi connectivity index (χ3n) is 4.22. The van der Waals surface area contributed by atoms with E-state index in [0.29, 0.717) is 17.1 Å². The van der Waals surface area contributed by atoms with E-state index in [1.54, 1.807) is 23.9 Å². The molecule has 6 heteroatoms. The lowest BCUT2D eigenvalue weighted by Crippen LogP contribution is -2.60. The Morgan fingerprint density at radius 3 is 2.70 bits per heavy atom. The van der Waals surface area contributed by atoms with Crippen LogP contribution >= 0.6 is 11.6 Å². The fourth-order valence-corrected chi connectivity index (χ4v) is 3.17. The van der Waals surface area contributed by atoms with Crippen LogP contribution in [0.25, 0.3) is 0 Å². The zero-order chi connectivity index (χ0) is 14.9. The van der Waals surface area contributed by atoms with Gasteiger partial charge in [0.05, 0.1) is 5.02 Å². The van der Waals surface area contributed by atoms with Crippen LogP contribution in [0.4, 0.5) is 0 Å². The average molecular weight is 299 g/mol. The SMILES string of the molecule is CC1CCCCC1(NC(=O)c1cc(Cl)cn1C)C(=O)O. The summed E-state index contributed by atoms with van der Waals surface area (Å²) in [5, 5.41) is 12.8. The van der Waals surface area contributed by atoms with Crippen molar-refractivity contribution in [1.82, 2.24) is 9.88 Å². The van der Waals surface area contributed by atoms with Crippen LogP contribution in [0.1, 0.15) is 43.1 Å². The van der Waals surface area contributed by atoms with E-state index >= 15 is 0 Å². The monoisotopic (exact) mass is 298 g/mol. The number of halogens is 1. The van der Waals surface area contributed by atoms with Crippen LogP contribution in [0.3, 0.4) is 0 Å². The molecule has 0 radical (unpaired) electrons. The van der Waals surface area contributed by atoms with Crippen LogP contribution < -0.4 is 5.32 Å². The van der Waals surface area contributed by atoms with E-state index in [2.05, 4.69) is 5.32 Å². The van der Waals surface area contributed by atoms with Crippen LogP contribution in [0.5, 0.6) is 0 Å². The molecule has 0 spiro atoms. The number of hydrogen-bond acceptors (Lipinski definition) is 2. The Morgan fingerprint density at radius 1 is 1.50 bits per heavy atom. The van der Waals surface area contributed by atoms with Crippen molar-refractivity contribution in [1.29, 1.82) is 0 Å². The first-order chi connectivity index (χ1) is 9.36. The molecule has 2 unspecified atom stereocenters. The highest BCUT2D eigenvalue weighted by molar-refractivity contribution is 6.31. The maximum atomic E-state index is 12.3. The molecule has 2 N–H and O–H groups in total. The number of rotatable bonds is 3. The summed E-state index contributed by atoms with van der Waals surface area (Å²) in [5.74, 6) is -1.44. The van der Waals surface area contributed by atoms with Crippen molar-refractivity contribution in [3.63, 3.8) is 0 Å². The number of aliphatic carboxylic acids is 1. The van der Waals surface area contributed by atoms with Gasteiger partial charge in [0.15, 0.2) is 0 Å². The number of nitrogens with one attached hydrogen (secondary N) is 1. The summed E-state index contributed by atoms with van der Waals surface area (Å²) in [7, 11) is 1.71. The Labute approximate surface area is 122 Å². The Balaban J connectivity index is 2.27. The predicted octanol–water partition coefficient (Wildman–Crippen LogP) is 2.44. The van der Waals surface area contributed by atoms with Gasteiger partial charge in [0.2, 0.25) is 0 Å². The molecule has 0 aliphatic heterocycles. The number of nitrogens with zero attached hydrogens (tertiary/aromatic N) is 1. The third-order valence-corrected chi connectivity index (χ3v) is 4.43. The number of carboxylic acids is 1. The average Bonchev–Trinajstić information content (AvgIpc) is 2.71. The summed E-state index contributed by atoms with van der Waals surface area (Å²) < 4.78 is 1.60. The second-order valence-electron chi connectivity index (χ2n) is 5.53. The minimum atomic E-state index is -1.17. The minimum absolute atomic E-state index is 0.0894. The van der Waals surface area contributed by atoms with Crippen molar-refractivity contribution in [2.75, 3.05) is 0 Å². The van der Waals surface area contributed by atoms with Gasteiger partial charge in [0, 0.05) is 13.2 Å². The molecule has 1 aromatic heterocycles. The smallest absolute Gasteiger partial charge is 0.329 e. The number of carbonyl (C=O) groups excluding carboxylic acids is 1. The largest absolute Gasteiger partial charge is 0.479 e. The molecular weight excluding hydrogens is 280 g/mol. The lowest BCUT2D eigenvalue weighted by atomic mass is 9.73. The minimum Gasteiger partial charge on any atom is -0.479 e. The van der Waals surface area contributed by atoms with E-state index in [1.165, 1.54) is 0 Å². The fourth-order valence-electron chi connectivity index (χ4n) is 2.92. The number of amides is 1. The zero-order valence-electron chi connectivity index (χ0n) is 11.6. The van der Waals surface area contributed by atoms with Crippen molar-refractivity contribution in [2.24, 2.45) is 13.0 Å². The van der Waals surface area contributed by atoms with E-state index in [1.807, 2.05) is 6.92 Å². The summed E-state index contributed by atoms with van der Waals surface area (Å²) in [6, 6.07) is 1.54. The molecule has 0 bridgehead atoms. The maximum absolute atomic E-state index is 12.3. The molecule has 1 amide bonds. The van der Waals surface area contributed by atoms with Gasteiger partial charge in [-0.05, 0) is 24.8 Å². The van der Waals surface area contributed by atoms with Gasteiger partial charge in [-0.25, -0.2) is 4.79 Å². The number of aromatic nitrogens is 1. The van der Waals surface area contributed by atoms with Gasteiger partial charge in [-0.15, -0.1) is 0 Å². The van der Waals surface area contributed by atoms with Crippen LogP contribution in [0.15, 0.2) is 12.3 Å². The van der Waals surface area contributed by atoms with Crippen LogP contribution in [-0.2, 0) is 11.8 Å². The molecule has 1 saturated carbocycles. The molecule has 1 fully saturated rings. The second kappa shape index (κ2) is 5.48. The van der Waals surface area contributed by atoms with Gasteiger partial charge in [0.1, 0.15) is 11.2 Å².